The van der Waals surface area contributed by atoms with E-state index in [1.54, 1.807) is 31.1 Å². The smallest absolute Gasteiger partial charge is 0.293 e. The summed E-state index contributed by atoms with van der Waals surface area (Å²) in [6, 6.07) is 12.6. The van der Waals surface area contributed by atoms with Crippen molar-refractivity contribution in [2.24, 2.45) is 0 Å². The zero-order valence-corrected chi connectivity index (χ0v) is 16.1. The Morgan fingerprint density at radius 3 is 2.50 bits per heavy atom. The summed E-state index contributed by atoms with van der Waals surface area (Å²) < 4.78 is 5.37. The molecule has 148 valence electrons. The Hall–Kier alpha value is -3.13. The first-order valence-corrected chi connectivity index (χ1v) is 9.13. The molecule has 1 aliphatic heterocycles. The van der Waals surface area contributed by atoms with Gasteiger partial charge in [0.05, 0.1) is 18.1 Å². The van der Waals surface area contributed by atoms with Crippen molar-refractivity contribution in [1.82, 2.24) is 4.90 Å². The lowest BCUT2D eigenvalue weighted by atomic mass is 10.1. The molecule has 0 bridgehead atoms. The molecule has 0 saturated carbocycles. The topological polar surface area (TPSA) is 88.0 Å². The van der Waals surface area contributed by atoms with Crippen LogP contribution in [0.4, 0.5) is 17.1 Å². The van der Waals surface area contributed by atoms with Crippen LogP contribution in [0.25, 0.3) is 0 Å². The molecule has 0 atom stereocenters. The van der Waals surface area contributed by atoms with E-state index < -0.39 is 4.92 Å². The largest absolute Gasteiger partial charge is 0.383 e. The first-order valence-electron chi connectivity index (χ1n) is 9.13. The molecule has 8 heteroatoms. The fraction of sp³-hybridized carbons (Fsp3) is 0.350. The van der Waals surface area contributed by atoms with Gasteiger partial charge in [0.25, 0.3) is 11.6 Å². The Balaban J connectivity index is 1.68. The van der Waals surface area contributed by atoms with Gasteiger partial charge in [-0.25, -0.2) is 0 Å². The maximum absolute atomic E-state index is 12.7. The molecule has 3 rings (SSSR count). The second-order valence-corrected chi connectivity index (χ2v) is 6.67. The van der Waals surface area contributed by atoms with Crippen molar-refractivity contribution in [2.75, 3.05) is 50.6 Å². The van der Waals surface area contributed by atoms with Gasteiger partial charge in [0.2, 0.25) is 0 Å². The molecule has 1 fully saturated rings. The summed E-state index contributed by atoms with van der Waals surface area (Å²) >= 11 is 0. The molecule has 2 aromatic carbocycles. The van der Waals surface area contributed by atoms with Gasteiger partial charge in [0.1, 0.15) is 5.69 Å². The monoisotopic (exact) mass is 384 g/mol. The number of morpholine rings is 1. The Morgan fingerprint density at radius 1 is 1.21 bits per heavy atom. The number of benzene rings is 2. The van der Waals surface area contributed by atoms with Crippen LogP contribution in [-0.4, -0.2) is 56.1 Å². The molecule has 8 nitrogen and oxygen atoms in total. The second-order valence-electron chi connectivity index (χ2n) is 6.67. The summed E-state index contributed by atoms with van der Waals surface area (Å²) in [5.74, 6) is -0.261. The van der Waals surface area contributed by atoms with E-state index in [9.17, 15) is 14.9 Å². The van der Waals surface area contributed by atoms with Crippen molar-refractivity contribution >= 4 is 23.0 Å². The maximum atomic E-state index is 12.7. The number of anilines is 2. The Morgan fingerprint density at radius 2 is 1.89 bits per heavy atom. The molecule has 1 saturated heterocycles. The molecule has 0 aliphatic carbocycles. The molecule has 1 N–H and O–H groups in total. The summed E-state index contributed by atoms with van der Waals surface area (Å²) in [6.45, 7) is 3.64. The number of carbonyl (C=O) groups excluding carboxylic acids is 1. The van der Waals surface area contributed by atoms with E-state index in [2.05, 4.69) is 10.2 Å². The number of nitrogens with zero attached hydrogens (tertiary/aromatic N) is 3. The Labute approximate surface area is 163 Å². The summed E-state index contributed by atoms with van der Waals surface area (Å²) in [5, 5.41) is 14.0. The van der Waals surface area contributed by atoms with E-state index in [4.69, 9.17) is 4.74 Å². The molecule has 1 aliphatic rings. The van der Waals surface area contributed by atoms with E-state index >= 15 is 0 Å². The number of carbonyl (C=O) groups is 1. The molecular formula is C20H24N4O4. The van der Waals surface area contributed by atoms with Gasteiger partial charge >= 0.3 is 0 Å². The highest BCUT2D eigenvalue weighted by atomic mass is 16.6. The van der Waals surface area contributed by atoms with E-state index in [0.717, 1.165) is 37.6 Å². The van der Waals surface area contributed by atoms with Crippen LogP contribution in [0.1, 0.15) is 15.9 Å². The third kappa shape index (κ3) is 4.40. The van der Waals surface area contributed by atoms with Crippen molar-refractivity contribution < 1.29 is 14.5 Å². The number of hydrogen-bond acceptors (Lipinski definition) is 6. The fourth-order valence-electron chi connectivity index (χ4n) is 3.23. The normalized spacial score (nSPS) is 13.9. The summed E-state index contributed by atoms with van der Waals surface area (Å²) in [5.41, 5.74) is 2.69. The highest BCUT2D eigenvalue weighted by Crippen LogP contribution is 2.26. The molecule has 2 aromatic rings. The predicted molar refractivity (Wildman–Crippen MR) is 108 cm³/mol. The minimum absolute atomic E-state index is 0.114. The number of rotatable bonds is 6. The molecule has 28 heavy (non-hydrogen) atoms. The standard InChI is InChI=1S/C20H24N4O4/c1-21-18-8-5-16(13-19(18)24(26)27)20(25)22(2)14-15-3-6-17(7-4-15)23-9-11-28-12-10-23/h3-8,13,21H,9-12,14H2,1-2H3. The van der Waals surface area contributed by atoms with Crippen molar-refractivity contribution in [1.29, 1.82) is 0 Å². The molecular weight excluding hydrogens is 360 g/mol. The number of nitro benzene ring substituents is 1. The minimum Gasteiger partial charge on any atom is -0.383 e. The third-order valence-corrected chi connectivity index (χ3v) is 4.79. The lowest BCUT2D eigenvalue weighted by molar-refractivity contribution is -0.384. The number of hydrogen-bond donors (Lipinski definition) is 1. The first-order chi connectivity index (χ1) is 13.5. The number of amides is 1. The molecule has 1 heterocycles. The molecule has 0 aromatic heterocycles. The zero-order valence-electron chi connectivity index (χ0n) is 16.1. The average Bonchev–Trinajstić information content (AvgIpc) is 2.73. The van der Waals surface area contributed by atoms with Crippen molar-refractivity contribution in [3.8, 4) is 0 Å². The van der Waals surface area contributed by atoms with Gasteiger partial charge in [-0.3, -0.25) is 14.9 Å². The highest BCUT2D eigenvalue weighted by Gasteiger charge is 2.19. The summed E-state index contributed by atoms with van der Waals surface area (Å²) in [7, 11) is 3.30. The molecule has 0 unspecified atom stereocenters. The van der Waals surface area contributed by atoms with Crippen LogP contribution in [0.5, 0.6) is 0 Å². The van der Waals surface area contributed by atoms with Crippen molar-refractivity contribution in [3.63, 3.8) is 0 Å². The van der Waals surface area contributed by atoms with Gasteiger partial charge < -0.3 is 19.9 Å². The van der Waals surface area contributed by atoms with Crippen LogP contribution >= 0.6 is 0 Å². The van der Waals surface area contributed by atoms with Gasteiger partial charge in [0.15, 0.2) is 0 Å². The zero-order chi connectivity index (χ0) is 20.1. The van der Waals surface area contributed by atoms with Crippen molar-refractivity contribution in [2.45, 2.75) is 6.54 Å². The molecule has 1 amide bonds. The van der Waals surface area contributed by atoms with Crippen LogP contribution in [0.15, 0.2) is 42.5 Å². The predicted octanol–water partition coefficient (Wildman–Crippen LogP) is 2.75. The van der Waals surface area contributed by atoms with E-state index in [0.29, 0.717) is 12.2 Å². The van der Waals surface area contributed by atoms with Gasteiger partial charge in [-0.05, 0) is 29.8 Å². The van der Waals surface area contributed by atoms with Crippen LogP contribution in [-0.2, 0) is 11.3 Å². The third-order valence-electron chi connectivity index (χ3n) is 4.79. The quantitative estimate of drug-likeness (QED) is 0.609. The lowest BCUT2D eigenvalue weighted by Crippen LogP contribution is -2.36. The van der Waals surface area contributed by atoms with E-state index in [-0.39, 0.29) is 17.2 Å². The number of nitrogens with one attached hydrogen (secondary N) is 1. The summed E-state index contributed by atoms with van der Waals surface area (Å²) in [6.07, 6.45) is 0. The van der Waals surface area contributed by atoms with Crippen LogP contribution in [0.2, 0.25) is 0 Å². The molecule has 0 radical (unpaired) electrons. The Kier molecular flexibility index (Phi) is 6.10. The number of ether oxygens (including phenoxy) is 1. The van der Waals surface area contributed by atoms with Crippen molar-refractivity contribution in [3.05, 3.63) is 63.7 Å². The second kappa shape index (κ2) is 8.71. The number of nitro groups is 1. The Bertz CT molecular complexity index is 848. The van der Waals surface area contributed by atoms with Gasteiger partial charge in [-0.1, -0.05) is 12.1 Å². The lowest BCUT2D eigenvalue weighted by Gasteiger charge is -2.29. The molecule has 0 spiro atoms. The maximum Gasteiger partial charge on any atom is 0.293 e. The van der Waals surface area contributed by atoms with E-state index in [1.807, 2.05) is 24.3 Å². The fourth-order valence-corrected chi connectivity index (χ4v) is 3.23. The summed E-state index contributed by atoms with van der Waals surface area (Å²) in [4.78, 5) is 27.2. The first kappa shape index (κ1) is 19.6. The average molecular weight is 384 g/mol. The van der Waals surface area contributed by atoms with Gasteiger partial charge in [0, 0.05) is 51.0 Å². The van der Waals surface area contributed by atoms with Crippen LogP contribution in [0.3, 0.4) is 0 Å². The highest BCUT2D eigenvalue weighted by molar-refractivity contribution is 5.95. The van der Waals surface area contributed by atoms with Gasteiger partial charge in [-0.2, -0.15) is 0 Å². The van der Waals surface area contributed by atoms with E-state index in [1.165, 1.54) is 6.07 Å². The minimum atomic E-state index is -0.493. The van der Waals surface area contributed by atoms with Crippen LogP contribution in [0, 0.1) is 10.1 Å². The van der Waals surface area contributed by atoms with Crippen LogP contribution < -0.4 is 10.2 Å². The SMILES string of the molecule is CNc1ccc(C(=O)N(C)Cc2ccc(N3CCOCC3)cc2)cc1[N+](=O)[O-]. The van der Waals surface area contributed by atoms with Gasteiger partial charge in [-0.15, -0.1) is 0 Å².